The molecule has 3 rings (SSSR count). The molecule has 1 aromatic carbocycles. The van der Waals surface area contributed by atoms with Crippen molar-refractivity contribution in [2.75, 3.05) is 23.9 Å². The third kappa shape index (κ3) is 4.76. The maximum absolute atomic E-state index is 12.3. The minimum atomic E-state index is -0.118. The highest BCUT2D eigenvalue weighted by molar-refractivity contribution is 8.00. The van der Waals surface area contributed by atoms with Crippen LogP contribution in [0, 0.1) is 0 Å². The van der Waals surface area contributed by atoms with Crippen LogP contribution >= 0.6 is 34.4 Å². The predicted octanol–water partition coefficient (Wildman–Crippen LogP) is 4.41. The summed E-state index contributed by atoms with van der Waals surface area (Å²) in [4.78, 5) is 18.5. The molecule has 0 aliphatic rings. The number of rotatable bonds is 8. The Kier molecular flexibility index (Phi) is 6.64. The van der Waals surface area contributed by atoms with Crippen LogP contribution in [0.25, 0.3) is 0 Å². The monoisotopic (exact) mass is 421 g/mol. The molecule has 0 unspecified atom stereocenters. The summed E-state index contributed by atoms with van der Waals surface area (Å²) in [6, 6.07) is 7.41. The Hall–Kier alpha value is -2.17. The van der Waals surface area contributed by atoms with Crippen molar-refractivity contribution in [2.24, 2.45) is 0 Å². The number of hydrogen-bond acceptors (Lipinski definition) is 9. The molecular formula is C17H19N5O2S3. The van der Waals surface area contributed by atoms with Crippen molar-refractivity contribution in [2.45, 2.75) is 23.9 Å². The standard InChI is InChI=1S/C17H19N5O2S3/c1-4-18-15-20-21-17(27-15)26-10-12-9-25-16(19-12)22(11(2)23)13-7-5-6-8-14(13)24-3/h5-9H,4,10H2,1-3H3,(H,18,20). The third-order valence-electron chi connectivity index (χ3n) is 3.45. The zero-order valence-corrected chi connectivity index (χ0v) is 17.6. The number of hydrogen-bond donors (Lipinski definition) is 1. The highest BCUT2D eigenvalue weighted by Crippen LogP contribution is 2.36. The van der Waals surface area contributed by atoms with Crippen LogP contribution in [0.1, 0.15) is 19.5 Å². The van der Waals surface area contributed by atoms with E-state index in [1.807, 2.05) is 36.6 Å². The van der Waals surface area contributed by atoms with E-state index in [-0.39, 0.29) is 5.91 Å². The minimum Gasteiger partial charge on any atom is -0.495 e. The highest BCUT2D eigenvalue weighted by atomic mass is 32.2. The lowest BCUT2D eigenvalue weighted by Gasteiger charge is -2.20. The summed E-state index contributed by atoms with van der Waals surface area (Å²) >= 11 is 4.53. The molecule has 0 bridgehead atoms. The third-order valence-corrected chi connectivity index (χ3v) is 6.37. The summed E-state index contributed by atoms with van der Waals surface area (Å²) in [6.07, 6.45) is 0. The molecule has 27 heavy (non-hydrogen) atoms. The first-order chi connectivity index (χ1) is 13.1. The lowest BCUT2D eigenvalue weighted by Crippen LogP contribution is -2.23. The molecule has 1 N–H and O–H groups in total. The van der Waals surface area contributed by atoms with Crippen molar-refractivity contribution in [1.82, 2.24) is 15.2 Å². The van der Waals surface area contributed by atoms with Crippen LogP contribution in [0.15, 0.2) is 34.0 Å². The van der Waals surface area contributed by atoms with Gasteiger partial charge in [0.25, 0.3) is 0 Å². The second kappa shape index (κ2) is 9.16. The van der Waals surface area contributed by atoms with Crippen molar-refractivity contribution in [3.05, 3.63) is 35.3 Å². The topological polar surface area (TPSA) is 80.2 Å². The zero-order valence-electron chi connectivity index (χ0n) is 15.1. The molecule has 2 aromatic heterocycles. The van der Waals surface area contributed by atoms with Gasteiger partial charge in [0.2, 0.25) is 11.0 Å². The minimum absolute atomic E-state index is 0.118. The first kappa shape index (κ1) is 19.6. The Labute approximate surface area is 169 Å². The van der Waals surface area contributed by atoms with Crippen molar-refractivity contribution in [3.8, 4) is 5.75 Å². The largest absolute Gasteiger partial charge is 0.495 e. The Morgan fingerprint density at radius 1 is 1.33 bits per heavy atom. The molecule has 142 valence electrons. The number of para-hydroxylation sites is 2. The van der Waals surface area contributed by atoms with E-state index < -0.39 is 0 Å². The Balaban J connectivity index is 1.75. The number of thioether (sulfide) groups is 1. The molecule has 3 aromatic rings. The van der Waals surface area contributed by atoms with E-state index in [1.54, 1.807) is 23.8 Å². The molecule has 10 heteroatoms. The van der Waals surface area contributed by atoms with Crippen LogP contribution in [0.3, 0.4) is 0 Å². The van der Waals surface area contributed by atoms with Gasteiger partial charge in [-0.3, -0.25) is 9.69 Å². The number of nitrogens with one attached hydrogen (secondary N) is 1. The molecule has 0 aliphatic carbocycles. The molecule has 1 amide bonds. The maximum Gasteiger partial charge on any atom is 0.230 e. The van der Waals surface area contributed by atoms with Gasteiger partial charge in [0.1, 0.15) is 5.75 Å². The lowest BCUT2D eigenvalue weighted by molar-refractivity contribution is -0.115. The van der Waals surface area contributed by atoms with Gasteiger partial charge in [-0.2, -0.15) is 0 Å². The van der Waals surface area contributed by atoms with Crippen LogP contribution in [-0.2, 0) is 10.5 Å². The number of carbonyl (C=O) groups excluding carboxylic acids is 1. The fourth-order valence-electron chi connectivity index (χ4n) is 2.31. The molecule has 0 aliphatic heterocycles. The first-order valence-corrected chi connectivity index (χ1v) is 10.9. The number of carbonyl (C=O) groups is 1. The van der Waals surface area contributed by atoms with Gasteiger partial charge in [0.15, 0.2) is 9.47 Å². The van der Waals surface area contributed by atoms with E-state index in [0.29, 0.717) is 22.3 Å². The summed E-state index contributed by atoms with van der Waals surface area (Å²) in [5.74, 6) is 1.17. The van der Waals surface area contributed by atoms with Crippen molar-refractivity contribution >= 4 is 56.3 Å². The first-order valence-electron chi connectivity index (χ1n) is 8.20. The molecule has 0 spiro atoms. The van der Waals surface area contributed by atoms with Gasteiger partial charge in [-0.15, -0.1) is 21.5 Å². The van der Waals surface area contributed by atoms with E-state index in [9.17, 15) is 4.79 Å². The number of anilines is 3. The van der Waals surface area contributed by atoms with Crippen LogP contribution < -0.4 is 15.0 Å². The Bertz CT molecular complexity index is 911. The number of ether oxygens (including phenoxy) is 1. The van der Waals surface area contributed by atoms with Crippen molar-refractivity contribution in [3.63, 3.8) is 0 Å². The second-order valence-corrected chi connectivity index (χ2v) is 8.38. The number of methoxy groups -OCH3 is 1. The number of amides is 1. The van der Waals surface area contributed by atoms with Gasteiger partial charge in [0, 0.05) is 24.6 Å². The van der Waals surface area contributed by atoms with Crippen molar-refractivity contribution in [1.29, 1.82) is 0 Å². The van der Waals surface area contributed by atoms with Crippen LogP contribution in [-0.4, -0.2) is 34.7 Å². The van der Waals surface area contributed by atoms with Gasteiger partial charge < -0.3 is 10.1 Å². The average molecular weight is 422 g/mol. The smallest absolute Gasteiger partial charge is 0.230 e. The van der Waals surface area contributed by atoms with Crippen LogP contribution in [0.5, 0.6) is 5.75 Å². The fourth-order valence-corrected chi connectivity index (χ4v) is 5.01. The normalized spacial score (nSPS) is 10.6. The number of thiazole rings is 1. The molecule has 0 atom stereocenters. The van der Waals surface area contributed by atoms with Gasteiger partial charge in [0.05, 0.1) is 18.5 Å². The molecule has 0 fully saturated rings. The van der Waals surface area contributed by atoms with E-state index in [0.717, 1.165) is 21.7 Å². The van der Waals surface area contributed by atoms with Crippen LogP contribution in [0.2, 0.25) is 0 Å². The highest BCUT2D eigenvalue weighted by Gasteiger charge is 2.21. The Morgan fingerprint density at radius 3 is 2.89 bits per heavy atom. The zero-order chi connectivity index (χ0) is 19.2. The van der Waals surface area contributed by atoms with E-state index in [4.69, 9.17) is 4.74 Å². The lowest BCUT2D eigenvalue weighted by atomic mass is 10.2. The Morgan fingerprint density at radius 2 is 2.15 bits per heavy atom. The number of benzene rings is 1. The van der Waals surface area contributed by atoms with Gasteiger partial charge in [-0.05, 0) is 19.1 Å². The van der Waals surface area contributed by atoms with Gasteiger partial charge >= 0.3 is 0 Å². The second-order valence-electron chi connectivity index (χ2n) is 5.34. The molecule has 7 nitrogen and oxygen atoms in total. The van der Waals surface area contributed by atoms with Gasteiger partial charge in [-0.25, -0.2) is 4.98 Å². The van der Waals surface area contributed by atoms with Gasteiger partial charge in [-0.1, -0.05) is 35.2 Å². The van der Waals surface area contributed by atoms with Crippen molar-refractivity contribution < 1.29 is 9.53 Å². The summed E-state index contributed by atoms with van der Waals surface area (Å²) in [5.41, 5.74) is 1.57. The number of nitrogens with zero attached hydrogens (tertiary/aromatic N) is 4. The molecular weight excluding hydrogens is 402 g/mol. The summed E-state index contributed by atoms with van der Waals surface area (Å²) in [5, 5.41) is 14.8. The molecule has 0 radical (unpaired) electrons. The van der Waals surface area contributed by atoms with E-state index in [2.05, 4.69) is 20.5 Å². The summed E-state index contributed by atoms with van der Waals surface area (Å²) < 4.78 is 6.27. The summed E-state index contributed by atoms with van der Waals surface area (Å²) in [6.45, 7) is 4.36. The molecule has 2 heterocycles. The fraction of sp³-hybridized carbons (Fsp3) is 0.294. The van der Waals surface area contributed by atoms with Crippen LogP contribution in [0.4, 0.5) is 16.0 Å². The summed E-state index contributed by atoms with van der Waals surface area (Å²) in [7, 11) is 1.59. The predicted molar refractivity (Wildman–Crippen MR) is 112 cm³/mol. The quantitative estimate of drug-likeness (QED) is 0.540. The number of aromatic nitrogens is 3. The van der Waals surface area contributed by atoms with E-state index >= 15 is 0 Å². The molecule has 0 saturated carbocycles. The molecule has 0 saturated heterocycles. The van der Waals surface area contributed by atoms with E-state index in [1.165, 1.54) is 29.6 Å². The maximum atomic E-state index is 12.3. The average Bonchev–Trinajstić information content (AvgIpc) is 3.30. The SMILES string of the molecule is CCNc1nnc(SCc2csc(N(C(C)=O)c3ccccc3OC)n2)s1.